The normalized spacial score (nSPS) is 10.7. The van der Waals surface area contributed by atoms with Gasteiger partial charge in [-0.25, -0.2) is 9.97 Å². The number of aryl methyl sites for hydroxylation is 1. The number of nitrogens with zero attached hydrogens (tertiary/aromatic N) is 3. The van der Waals surface area contributed by atoms with Gasteiger partial charge in [0.15, 0.2) is 10.8 Å². The summed E-state index contributed by atoms with van der Waals surface area (Å²) in [5.74, 6) is 0.434. The number of aromatic nitrogens is 4. The van der Waals surface area contributed by atoms with Crippen LogP contribution in [0.3, 0.4) is 0 Å². The summed E-state index contributed by atoms with van der Waals surface area (Å²) < 4.78 is 0. The molecule has 0 unspecified atom stereocenters. The average Bonchev–Trinajstić information content (AvgIpc) is 3.16. The molecular formula is C15H14ClN5OS. The van der Waals surface area contributed by atoms with E-state index < -0.39 is 0 Å². The lowest BCUT2D eigenvalue weighted by Gasteiger charge is -2.04. The third kappa shape index (κ3) is 3.75. The first-order valence-corrected chi connectivity index (χ1v) is 8.19. The molecule has 2 N–H and O–H groups in total. The number of amides is 1. The molecule has 6 nitrogen and oxygen atoms in total. The zero-order chi connectivity index (χ0) is 16.2. The molecule has 8 heteroatoms. The van der Waals surface area contributed by atoms with Crippen molar-refractivity contribution in [2.45, 2.75) is 13.3 Å². The lowest BCUT2D eigenvalue weighted by Crippen LogP contribution is -2.25. The summed E-state index contributed by atoms with van der Waals surface area (Å²) >= 11 is 7.24. The van der Waals surface area contributed by atoms with Gasteiger partial charge >= 0.3 is 0 Å². The van der Waals surface area contributed by atoms with E-state index in [0.29, 0.717) is 33.0 Å². The van der Waals surface area contributed by atoms with Gasteiger partial charge in [-0.1, -0.05) is 23.7 Å². The van der Waals surface area contributed by atoms with Crippen molar-refractivity contribution in [3.8, 4) is 10.8 Å². The van der Waals surface area contributed by atoms with Gasteiger partial charge in [0.1, 0.15) is 11.2 Å². The monoisotopic (exact) mass is 347 g/mol. The number of halogens is 1. The van der Waals surface area contributed by atoms with Gasteiger partial charge in [0.2, 0.25) is 0 Å². The summed E-state index contributed by atoms with van der Waals surface area (Å²) in [4.78, 5) is 21.3. The molecule has 118 valence electrons. The number of hydrogen-bond donors (Lipinski definition) is 2. The predicted octanol–water partition coefficient (Wildman–Crippen LogP) is 2.86. The Hall–Kier alpha value is -2.25. The summed E-state index contributed by atoms with van der Waals surface area (Å²) in [5, 5.41) is 10.8. The minimum absolute atomic E-state index is 0.132. The van der Waals surface area contributed by atoms with Crippen molar-refractivity contribution in [2.75, 3.05) is 6.54 Å². The Morgan fingerprint density at radius 1 is 1.43 bits per heavy atom. The Bertz CT molecular complexity index is 815. The van der Waals surface area contributed by atoms with Crippen LogP contribution in [0.25, 0.3) is 10.8 Å². The van der Waals surface area contributed by atoms with Gasteiger partial charge in [-0.15, -0.1) is 11.3 Å². The fourth-order valence-corrected chi connectivity index (χ4v) is 3.25. The van der Waals surface area contributed by atoms with Crippen LogP contribution in [0.1, 0.15) is 20.9 Å². The van der Waals surface area contributed by atoms with Crippen LogP contribution < -0.4 is 5.32 Å². The molecule has 3 rings (SSSR count). The van der Waals surface area contributed by atoms with Gasteiger partial charge in [0, 0.05) is 11.6 Å². The van der Waals surface area contributed by atoms with Crippen LogP contribution in [0.15, 0.2) is 30.6 Å². The molecule has 2 heterocycles. The highest BCUT2D eigenvalue weighted by atomic mass is 35.5. The molecular weight excluding hydrogens is 334 g/mol. The van der Waals surface area contributed by atoms with E-state index in [0.717, 1.165) is 12.0 Å². The zero-order valence-electron chi connectivity index (χ0n) is 12.3. The van der Waals surface area contributed by atoms with Crippen LogP contribution in [-0.4, -0.2) is 32.6 Å². The maximum Gasteiger partial charge on any atom is 0.263 e. The highest BCUT2D eigenvalue weighted by molar-refractivity contribution is 7.17. The number of carbonyl (C=O) groups excluding carboxylic acids is 1. The van der Waals surface area contributed by atoms with E-state index in [2.05, 4.69) is 25.5 Å². The van der Waals surface area contributed by atoms with E-state index in [9.17, 15) is 4.79 Å². The highest BCUT2D eigenvalue weighted by Gasteiger charge is 2.17. The molecule has 0 saturated carbocycles. The third-order valence-corrected chi connectivity index (χ3v) is 4.61. The SMILES string of the molecule is Cc1nc(-c2ncn[nH]2)sc1C(=O)NCCc1cccc(Cl)c1. The Kier molecular flexibility index (Phi) is 4.68. The molecule has 0 spiro atoms. The molecule has 0 radical (unpaired) electrons. The van der Waals surface area contributed by atoms with Gasteiger partial charge in [0.25, 0.3) is 5.91 Å². The Morgan fingerprint density at radius 2 is 2.30 bits per heavy atom. The number of benzene rings is 1. The van der Waals surface area contributed by atoms with Crippen LogP contribution >= 0.6 is 22.9 Å². The van der Waals surface area contributed by atoms with Gasteiger partial charge in [-0.2, -0.15) is 5.10 Å². The lowest BCUT2D eigenvalue weighted by atomic mass is 10.1. The van der Waals surface area contributed by atoms with Crippen LogP contribution in [0.2, 0.25) is 5.02 Å². The Labute approximate surface area is 141 Å². The number of aromatic amines is 1. The Balaban J connectivity index is 1.62. The maximum absolute atomic E-state index is 12.3. The summed E-state index contributed by atoms with van der Waals surface area (Å²) in [6, 6.07) is 7.61. The minimum Gasteiger partial charge on any atom is -0.351 e. The number of thiazole rings is 1. The van der Waals surface area contributed by atoms with Crippen molar-refractivity contribution in [2.24, 2.45) is 0 Å². The largest absolute Gasteiger partial charge is 0.351 e. The van der Waals surface area contributed by atoms with Gasteiger partial charge in [-0.3, -0.25) is 9.89 Å². The smallest absolute Gasteiger partial charge is 0.263 e. The van der Waals surface area contributed by atoms with Crippen molar-refractivity contribution in [3.63, 3.8) is 0 Å². The first-order chi connectivity index (χ1) is 11.1. The molecule has 1 aromatic carbocycles. The molecule has 0 aliphatic rings. The van der Waals surface area contributed by atoms with Gasteiger partial charge < -0.3 is 5.32 Å². The molecule has 23 heavy (non-hydrogen) atoms. The summed E-state index contributed by atoms with van der Waals surface area (Å²) in [6.07, 6.45) is 2.13. The third-order valence-electron chi connectivity index (χ3n) is 3.21. The van der Waals surface area contributed by atoms with E-state index in [1.54, 1.807) is 0 Å². The second-order valence-corrected chi connectivity index (χ2v) is 6.34. The number of hydrogen-bond acceptors (Lipinski definition) is 5. The molecule has 0 saturated heterocycles. The number of H-pyrrole nitrogens is 1. The standard InChI is InChI=1S/C15H14ClN5OS/c1-9-12(23-15(20-9)13-18-8-19-21-13)14(22)17-6-5-10-3-2-4-11(16)7-10/h2-4,7-8H,5-6H2,1H3,(H,17,22)(H,18,19,21). The molecule has 1 amide bonds. The molecule has 3 aromatic rings. The molecule has 0 fully saturated rings. The van der Waals surface area contributed by atoms with Crippen molar-refractivity contribution >= 4 is 28.8 Å². The summed E-state index contributed by atoms with van der Waals surface area (Å²) in [7, 11) is 0. The van der Waals surface area contributed by atoms with Crippen molar-refractivity contribution < 1.29 is 4.79 Å². The van der Waals surface area contributed by atoms with Crippen molar-refractivity contribution in [1.29, 1.82) is 0 Å². The molecule has 0 aliphatic carbocycles. The number of nitrogens with one attached hydrogen (secondary N) is 2. The quantitative estimate of drug-likeness (QED) is 0.743. The average molecular weight is 348 g/mol. The van der Waals surface area contributed by atoms with Crippen LogP contribution in [0, 0.1) is 6.92 Å². The van der Waals surface area contributed by atoms with E-state index in [1.165, 1.54) is 17.7 Å². The second-order valence-electron chi connectivity index (χ2n) is 4.90. The van der Waals surface area contributed by atoms with Crippen molar-refractivity contribution in [3.05, 3.63) is 51.7 Å². The van der Waals surface area contributed by atoms with Crippen LogP contribution in [0.5, 0.6) is 0 Å². The number of rotatable bonds is 5. The first kappa shape index (κ1) is 15.6. The molecule has 0 atom stereocenters. The topological polar surface area (TPSA) is 83.6 Å². The van der Waals surface area contributed by atoms with Gasteiger partial charge in [-0.05, 0) is 31.0 Å². The van der Waals surface area contributed by atoms with E-state index in [1.807, 2.05) is 31.2 Å². The fourth-order valence-electron chi connectivity index (χ4n) is 2.11. The molecule has 2 aromatic heterocycles. The van der Waals surface area contributed by atoms with Gasteiger partial charge in [0.05, 0.1) is 5.69 Å². The summed E-state index contributed by atoms with van der Waals surface area (Å²) in [6.45, 7) is 2.34. The highest BCUT2D eigenvalue weighted by Crippen LogP contribution is 2.24. The lowest BCUT2D eigenvalue weighted by molar-refractivity contribution is 0.0957. The predicted molar refractivity (Wildman–Crippen MR) is 89.7 cm³/mol. The minimum atomic E-state index is -0.132. The van der Waals surface area contributed by atoms with Crippen LogP contribution in [-0.2, 0) is 6.42 Å². The maximum atomic E-state index is 12.3. The van der Waals surface area contributed by atoms with Crippen molar-refractivity contribution in [1.82, 2.24) is 25.5 Å². The van der Waals surface area contributed by atoms with E-state index >= 15 is 0 Å². The zero-order valence-corrected chi connectivity index (χ0v) is 13.9. The molecule has 0 aliphatic heterocycles. The first-order valence-electron chi connectivity index (χ1n) is 6.99. The molecule has 0 bridgehead atoms. The summed E-state index contributed by atoms with van der Waals surface area (Å²) in [5.41, 5.74) is 1.77. The van der Waals surface area contributed by atoms with E-state index in [4.69, 9.17) is 11.6 Å². The Morgan fingerprint density at radius 3 is 3.04 bits per heavy atom. The number of carbonyl (C=O) groups is 1. The second kappa shape index (κ2) is 6.89. The van der Waals surface area contributed by atoms with E-state index in [-0.39, 0.29) is 5.91 Å². The fraction of sp³-hybridized carbons (Fsp3) is 0.200. The van der Waals surface area contributed by atoms with Crippen LogP contribution in [0.4, 0.5) is 0 Å².